The van der Waals surface area contributed by atoms with Crippen LogP contribution in [0.2, 0.25) is 0 Å². The summed E-state index contributed by atoms with van der Waals surface area (Å²) in [7, 11) is 1.50. The second kappa shape index (κ2) is 4.09. The van der Waals surface area contributed by atoms with Gasteiger partial charge in [0.05, 0.1) is 12.0 Å². The average molecular weight is 223 g/mol. The smallest absolute Gasteiger partial charge is 0.235 e. The van der Waals surface area contributed by atoms with E-state index in [1.807, 2.05) is 0 Å². The van der Waals surface area contributed by atoms with Gasteiger partial charge < -0.3 is 14.2 Å². The minimum absolute atomic E-state index is 0.133. The van der Waals surface area contributed by atoms with Crippen LogP contribution in [0.25, 0.3) is 6.08 Å². The summed E-state index contributed by atoms with van der Waals surface area (Å²) < 4.78 is 15.5. The zero-order valence-electron chi connectivity index (χ0n) is 8.50. The van der Waals surface area contributed by atoms with Crippen LogP contribution >= 0.6 is 0 Å². The molecule has 0 aliphatic carbocycles. The molecule has 0 radical (unpaired) electrons. The van der Waals surface area contributed by atoms with Crippen LogP contribution in [0.1, 0.15) is 5.56 Å². The first kappa shape index (κ1) is 10.3. The molecule has 1 aromatic rings. The number of nitro groups is 1. The van der Waals surface area contributed by atoms with Crippen molar-refractivity contribution in [3.63, 3.8) is 0 Å². The van der Waals surface area contributed by atoms with E-state index in [-0.39, 0.29) is 6.79 Å². The first-order valence-electron chi connectivity index (χ1n) is 4.50. The molecule has 1 aromatic carbocycles. The molecule has 16 heavy (non-hydrogen) atoms. The van der Waals surface area contributed by atoms with Crippen molar-refractivity contribution in [3.05, 3.63) is 34.0 Å². The number of benzene rings is 1. The molecule has 0 fully saturated rings. The molecule has 1 aliphatic heterocycles. The zero-order chi connectivity index (χ0) is 11.5. The van der Waals surface area contributed by atoms with Crippen LogP contribution in [-0.4, -0.2) is 18.8 Å². The molecular formula is C10H9NO5. The number of fused-ring (bicyclic) bond motifs is 1. The van der Waals surface area contributed by atoms with Gasteiger partial charge in [-0.2, -0.15) is 0 Å². The zero-order valence-corrected chi connectivity index (χ0v) is 8.50. The maximum Gasteiger partial charge on any atom is 0.235 e. The van der Waals surface area contributed by atoms with Crippen molar-refractivity contribution in [1.29, 1.82) is 0 Å². The van der Waals surface area contributed by atoms with E-state index in [1.54, 1.807) is 12.1 Å². The lowest BCUT2D eigenvalue weighted by molar-refractivity contribution is -0.400. The van der Waals surface area contributed by atoms with Crippen LogP contribution in [0.4, 0.5) is 0 Å². The summed E-state index contributed by atoms with van der Waals surface area (Å²) in [6.07, 6.45) is 2.22. The Hall–Kier alpha value is -2.24. The van der Waals surface area contributed by atoms with Gasteiger partial charge in [-0.25, -0.2) is 0 Å². The van der Waals surface area contributed by atoms with Crippen molar-refractivity contribution < 1.29 is 19.1 Å². The average Bonchev–Trinajstić information content (AvgIpc) is 2.73. The van der Waals surface area contributed by atoms with Crippen molar-refractivity contribution in [3.8, 4) is 17.2 Å². The number of rotatable bonds is 3. The number of methoxy groups -OCH3 is 1. The fourth-order valence-corrected chi connectivity index (χ4v) is 1.39. The second-order valence-corrected chi connectivity index (χ2v) is 3.06. The van der Waals surface area contributed by atoms with Crippen LogP contribution in [-0.2, 0) is 0 Å². The third-order valence-electron chi connectivity index (χ3n) is 2.07. The van der Waals surface area contributed by atoms with Gasteiger partial charge in [-0.05, 0) is 17.7 Å². The Morgan fingerprint density at radius 3 is 3.00 bits per heavy atom. The van der Waals surface area contributed by atoms with E-state index < -0.39 is 4.92 Å². The van der Waals surface area contributed by atoms with Gasteiger partial charge in [0, 0.05) is 6.08 Å². The lowest BCUT2D eigenvalue weighted by Crippen LogP contribution is -1.93. The lowest BCUT2D eigenvalue weighted by Gasteiger charge is -2.05. The van der Waals surface area contributed by atoms with Crippen LogP contribution in [0.5, 0.6) is 17.2 Å². The number of ether oxygens (including phenoxy) is 3. The Bertz CT molecular complexity index is 455. The molecule has 6 nitrogen and oxygen atoms in total. The van der Waals surface area contributed by atoms with Gasteiger partial charge in [0.1, 0.15) is 0 Å². The highest BCUT2D eigenvalue weighted by molar-refractivity contribution is 5.62. The van der Waals surface area contributed by atoms with Gasteiger partial charge in [0.15, 0.2) is 11.5 Å². The molecule has 0 amide bonds. The summed E-state index contributed by atoms with van der Waals surface area (Å²) >= 11 is 0. The van der Waals surface area contributed by atoms with E-state index >= 15 is 0 Å². The summed E-state index contributed by atoms with van der Waals surface area (Å²) in [5, 5.41) is 10.2. The van der Waals surface area contributed by atoms with E-state index in [0.29, 0.717) is 22.8 Å². The number of hydrogen-bond acceptors (Lipinski definition) is 5. The maximum absolute atomic E-state index is 10.2. The summed E-state index contributed by atoms with van der Waals surface area (Å²) in [4.78, 5) is 9.66. The van der Waals surface area contributed by atoms with Gasteiger partial charge in [0.2, 0.25) is 18.7 Å². The Morgan fingerprint density at radius 1 is 1.50 bits per heavy atom. The topological polar surface area (TPSA) is 70.8 Å². The molecule has 0 aromatic heterocycles. The normalized spacial score (nSPS) is 13.1. The SMILES string of the molecule is COc1cc(C=C[N+](=O)[O-])cc2c1OCO2. The van der Waals surface area contributed by atoms with Crippen molar-refractivity contribution >= 4 is 6.08 Å². The van der Waals surface area contributed by atoms with Crippen LogP contribution < -0.4 is 14.2 Å². The molecule has 0 atom stereocenters. The first-order chi connectivity index (χ1) is 7.70. The van der Waals surface area contributed by atoms with E-state index in [0.717, 1.165) is 6.20 Å². The van der Waals surface area contributed by atoms with Crippen molar-refractivity contribution in [2.75, 3.05) is 13.9 Å². The molecule has 0 bridgehead atoms. The standard InChI is InChI=1S/C10H9NO5/c1-14-8-4-7(2-3-11(12)13)5-9-10(8)16-6-15-9/h2-5H,6H2,1H3. The quantitative estimate of drug-likeness (QED) is 0.575. The molecule has 84 valence electrons. The molecule has 2 rings (SSSR count). The molecule has 6 heteroatoms. The van der Waals surface area contributed by atoms with E-state index in [1.165, 1.54) is 13.2 Å². The van der Waals surface area contributed by atoms with Crippen LogP contribution in [0.15, 0.2) is 18.3 Å². The molecule has 0 saturated carbocycles. The molecule has 0 unspecified atom stereocenters. The fraction of sp³-hybridized carbons (Fsp3) is 0.200. The van der Waals surface area contributed by atoms with Crippen LogP contribution in [0.3, 0.4) is 0 Å². The molecule has 1 aliphatic rings. The van der Waals surface area contributed by atoms with Gasteiger partial charge in [-0.15, -0.1) is 0 Å². The predicted octanol–water partition coefficient (Wildman–Crippen LogP) is 1.67. The summed E-state index contributed by atoms with van der Waals surface area (Å²) in [5.74, 6) is 1.56. The highest BCUT2D eigenvalue weighted by Gasteiger charge is 2.19. The third-order valence-corrected chi connectivity index (χ3v) is 2.07. The first-order valence-corrected chi connectivity index (χ1v) is 4.50. The molecule has 0 N–H and O–H groups in total. The van der Waals surface area contributed by atoms with Gasteiger partial charge >= 0.3 is 0 Å². The Morgan fingerprint density at radius 2 is 2.31 bits per heavy atom. The summed E-state index contributed by atoms with van der Waals surface area (Å²) in [6, 6.07) is 3.30. The Labute approximate surface area is 91.2 Å². The minimum Gasteiger partial charge on any atom is -0.493 e. The molecule has 0 saturated heterocycles. The number of nitrogens with zero attached hydrogens (tertiary/aromatic N) is 1. The van der Waals surface area contributed by atoms with E-state index in [4.69, 9.17) is 14.2 Å². The maximum atomic E-state index is 10.2. The fourth-order valence-electron chi connectivity index (χ4n) is 1.39. The summed E-state index contributed by atoms with van der Waals surface area (Å²) in [6.45, 7) is 0.133. The minimum atomic E-state index is -0.531. The van der Waals surface area contributed by atoms with Gasteiger partial charge in [0.25, 0.3) is 0 Å². The van der Waals surface area contributed by atoms with Crippen molar-refractivity contribution in [1.82, 2.24) is 0 Å². The third kappa shape index (κ3) is 1.90. The highest BCUT2D eigenvalue weighted by atomic mass is 16.7. The van der Waals surface area contributed by atoms with Crippen LogP contribution in [0, 0.1) is 10.1 Å². The van der Waals surface area contributed by atoms with Crippen molar-refractivity contribution in [2.24, 2.45) is 0 Å². The monoisotopic (exact) mass is 223 g/mol. The van der Waals surface area contributed by atoms with Gasteiger partial charge in [-0.3, -0.25) is 10.1 Å². The summed E-state index contributed by atoms with van der Waals surface area (Å²) in [5.41, 5.74) is 0.623. The van der Waals surface area contributed by atoms with Crippen molar-refractivity contribution in [2.45, 2.75) is 0 Å². The van der Waals surface area contributed by atoms with Gasteiger partial charge in [-0.1, -0.05) is 0 Å². The largest absolute Gasteiger partial charge is 0.493 e. The highest BCUT2D eigenvalue weighted by Crippen LogP contribution is 2.41. The Kier molecular flexibility index (Phi) is 2.63. The predicted molar refractivity (Wildman–Crippen MR) is 55.1 cm³/mol. The Balaban J connectivity index is 2.38. The molecule has 0 spiro atoms. The number of hydrogen-bond donors (Lipinski definition) is 0. The molecule has 1 heterocycles. The van der Waals surface area contributed by atoms with E-state index in [9.17, 15) is 10.1 Å². The second-order valence-electron chi connectivity index (χ2n) is 3.06. The van der Waals surface area contributed by atoms with E-state index in [2.05, 4.69) is 0 Å². The molecular weight excluding hydrogens is 214 g/mol. The lowest BCUT2D eigenvalue weighted by atomic mass is 10.2.